The zero-order chi connectivity index (χ0) is 19.4. The Morgan fingerprint density at radius 2 is 1.96 bits per heavy atom. The summed E-state index contributed by atoms with van der Waals surface area (Å²) >= 11 is 1.59. The van der Waals surface area contributed by atoms with Crippen LogP contribution in [0.2, 0.25) is 0 Å². The van der Waals surface area contributed by atoms with Crippen molar-refractivity contribution in [2.24, 2.45) is 5.41 Å². The lowest BCUT2D eigenvalue weighted by molar-refractivity contribution is -0.121. The van der Waals surface area contributed by atoms with E-state index in [1.54, 1.807) is 17.4 Å². The van der Waals surface area contributed by atoms with Crippen LogP contribution < -0.4 is 0 Å². The van der Waals surface area contributed by atoms with Gasteiger partial charge < -0.3 is 0 Å². The lowest BCUT2D eigenvalue weighted by Gasteiger charge is -2.15. The molecule has 2 aromatic heterocycles. The van der Waals surface area contributed by atoms with Crippen molar-refractivity contribution in [2.75, 3.05) is 0 Å². The van der Waals surface area contributed by atoms with Crippen LogP contribution in [0.5, 0.6) is 0 Å². The molecule has 0 fully saturated rings. The molecular formula is C22H21N3OS. The zero-order valence-electron chi connectivity index (χ0n) is 15.6. The number of nitriles is 1. The third kappa shape index (κ3) is 4.42. The first-order valence-electron chi connectivity index (χ1n) is 8.70. The van der Waals surface area contributed by atoms with Crippen molar-refractivity contribution >= 4 is 23.2 Å². The standard InChI is InChI=1S/C22H21N3OS/c1-22(2,3)21(26)17(13-23)12-18-15-25(14-16-8-5-4-6-9-16)24-20(18)19-10-7-11-27-19/h4-12,15H,14H2,1-3H3/b17-12+. The van der Waals surface area contributed by atoms with Crippen molar-refractivity contribution < 1.29 is 4.79 Å². The summed E-state index contributed by atoms with van der Waals surface area (Å²) in [6.07, 6.45) is 3.56. The predicted octanol–water partition coefficient (Wildman–Crippen LogP) is 5.18. The van der Waals surface area contributed by atoms with Gasteiger partial charge in [0, 0.05) is 17.2 Å². The molecular weight excluding hydrogens is 354 g/mol. The molecule has 0 atom stereocenters. The van der Waals surface area contributed by atoms with E-state index in [-0.39, 0.29) is 11.4 Å². The van der Waals surface area contributed by atoms with Crippen molar-refractivity contribution in [3.63, 3.8) is 0 Å². The van der Waals surface area contributed by atoms with Gasteiger partial charge in [0.25, 0.3) is 0 Å². The fraction of sp³-hybridized carbons (Fsp3) is 0.227. The Morgan fingerprint density at radius 3 is 2.56 bits per heavy atom. The number of allylic oxidation sites excluding steroid dienone is 1. The Labute approximate surface area is 163 Å². The second kappa shape index (κ2) is 7.73. The number of carbonyl (C=O) groups is 1. The van der Waals surface area contributed by atoms with Crippen molar-refractivity contribution in [2.45, 2.75) is 27.3 Å². The second-order valence-electron chi connectivity index (χ2n) is 7.34. The van der Waals surface area contributed by atoms with E-state index in [0.717, 1.165) is 21.7 Å². The molecule has 0 saturated carbocycles. The number of aromatic nitrogens is 2. The van der Waals surface area contributed by atoms with Crippen molar-refractivity contribution in [3.8, 4) is 16.6 Å². The van der Waals surface area contributed by atoms with Crippen molar-refractivity contribution in [3.05, 3.63) is 70.7 Å². The Balaban J connectivity index is 2.04. The fourth-order valence-electron chi connectivity index (χ4n) is 2.71. The molecule has 0 radical (unpaired) electrons. The first kappa shape index (κ1) is 18.8. The van der Waals surface area contributed by atoms with Gasteiger partial charge in [-0.2, -0.15) is 10.4 Å². The summed E-state index contributed by atoms with van der Waals surface area (Å²) in [6.45, 7) is 6.08. The molecule has 1 aromatic carbocycles. The van der Waals surface area contributed by atoms with Gasteiger partial charge in [0.1, 0.15) is 11.8 Å². The van der Waals surface area contributed by atoms with Crippen molar-refractivity contribution in [1.29, 1.82) is 5.26 Å². The van der Waals surface area contributed by atoms with Crippen LogP contribution in [-0.4, -0.2) is 15.6 Å². The third-order valence-corrected chi connectivity index (χ3v) is 4.95. The smallest absolute Gasteiger partial charge is 0.178 e. The number of benzene rings is 1. The van der Waals surface area contributed by atoms with Crippen LogP contribution in [0.15, 0.2) is 59.6 Å². The number of carbonyl (C=O) groups excluding carboxylic acids is 1. The van der Waals surface area contributed by atoms with Gasteiger partial charge in [0.15, 0.2) is 5.78 Å². The number of nitrogens with zero attached hydrogens (tertiary/aromatic N) is 3. The Morgan fingerprint density at radius 1 is 1.22 bits per heavy atom. The summed E-state index contributed by atoms with van der Waals surface area (Å²) in [5.74, 6) is -0.169. The molecule has 0 unspecified atom stereocenters. The first-order valence-corrected chi connectivity index (χ1v) is 9.58. The average molecular weight is 375 g/mol. The van der Waals surface area contributed by atoms with Gasteiger partial charge in [-0.1, -0.05) is 57.2 Å². The molecule has 0 saturated heterocycles. The maximum Gasteiger partial charge on any atom is 0.178 e. The van der Waals surface area contributed by atoms with Crippen molar-refractivity contribution in [1.82, 2.24) is 9.78 Å². The highest BCUT2D eigenvalue weighted by Gasteiger charge is 2.25. The van der Waals surface area contributed by atoms with Crippen LogP contribution in [0.3, 0.4) is 0 Å². The average Bonchev–Trinajstić information content (AvgIpc) is 3.28. The summed E-state index contributed by atoms with van der Waals surface area (Å²) in [7, 11) is 0. The normalized spacial score (nSPS) is 12.0. The number of hydrogen-bond acceptors (Lipinski definition) is 4. The Bertz CT molecular complexity index is 1000. The minimum atomic E-state index is -0.606. The number of rotatable bonds is 5. The lowest BCUT2D eigenvalue weighted by atomic mass is 9.86. The molecule has 0 spiro atoms. The Hall–Kier alpha value is -2.97. The number of ketones is 1. The number of Topliss-reactive ketones (excluding diaryl/α,β-unsaturated/α-hetero) is 1. The van der Waals surface area contributed by atoms with E-state index in [2.05, 4.69) is 6.07 Å². The molecule has 3 rings (SSSR count). The summed E-state index contributed by atoms with van der Waals surface area (Å²) in [4.78, 5) is 13.6. The van der Waals surface area contributed by atoms with E-state index >= 15 is 0 Å². The van der Waals surface area contributed by atoms with Crippen LogP contribution in [0.25, 0.3) is 16.6 Å². The van der Waals surface area contributed by atoms with E-state index in [4.69, 9.17) is 5.10 Å². The molecule has 4 nitrogen and oxygen atoms in total. The van der Waals surface area contributed by atoms with E-state index < -0.39 is 5.41 Å². The molecule has 3 aromatic rings. The van der Waals surface area contributed by atoms with Gasteiger partial charge in [-0.15, -0.1) is 11.3 Å². The molecule has 0 aliphatic heterocycles. The third-order valence-electron chi connectivity index (χ3n) is 4.08. The minimum absolute atomic E-state index is 0.152. The summed E-state index contributed by atoms with van der Waals surface area (Å²) in [6, 6.07) is 16.1. The molecule has 0 bridgehead atoms. The highest BCUT2D eigenvalue weighted by molar-refractivity contribution is 7.13. The van der Waals surface area contributed by atoms with Crippen LogP contribution in [0.4, 0.5) is 0 Å². The number of hydrogen-bond donors (Lipinski definition) is 0. The number of thiophene rings is 1. The summed E-state index contributed by atoms with van der Waals surface area (Å²) in [5.41, 5.74) is 2.25. The van der Waals surface area contributed by atoms with E-state index in [9.17, 15) is 10.1 Å². The highest BCUT2D eigenvalue weighted by Crippen LogP contribution is 2.29. The van der Waals surface area contributed by atoms with E-state index in [1.165, 1.54) is 0 Å². The monoisotopic (exact) mass is 375 g/mol. The maximum absolute atomic E-state index is 12.6. The fourth-order valence-corrected chi connectivity index (χ4v) is 3.44. The van der Waals surface area contributed by atoms with Gasteiger partial charge in [-0.25, -0.2) is 0 Å². The molecule has 0 aliphatic carbocycles. The van der Waals surface area contributed by atoms with Crippen LogP contribution >= 0.6 is 11.3 Å². The largest absolute Gasteiger partial charge is 0.293 e. The predicted molar refractivity (Wildman–Crippen MR) is 109 cm³/mol. The van der Waals surface area contributed by atoms with Gasteiger partial charge >= 0.3 is 0 Å². The SMILES string of the molecule is CC(C)(C)C(=O)/C(C#N)=C/c1cn(Cc2ccccc2)nc1-c1cccs1. The maximum atomic E-state index is 12.6. The highest BCUT2D eigenvalue weighted by atomic mass is 32.1. The second-order valence-corrected chi connectivity index (χ2v) is 8.29. The lowest BCUT2D eigenvalue weighted by Crippen LogP contribution is -2.21. The minimum Gasteiger partial charge on any atom is -0.293 e. The van der Waals surface area contributed by atoms with Crippen LogP contribution in [-0.2, 0) is 11.3 Å². The molecule has 27 heavy (non-hydrogen) atoms. The summed E-state index contributed by atoms with van der Waals surface area (Å²) in [5, 5.41) is 16.2. The van der Waals surface area contributed by atoms with Crippen LogP contribution in [0, 0.1) is 16.7 Å². The first-order chi connectivity index (χ1) is 12.9. The van der Waals surface area contributed by atoms with Gasteiger partial charge in [0.05, 0.1) is 17.0 Å². The molecule has 136 valence electrons. The van der Waals surface area contributed by atoms with Gasteiger partial charge in [-0.3, -0.25) is 9.48 Å². The molecule has 2 heterocycles. The zero-order valence-corrected chi connectivity index (χ0v) is 16.5. The topological polar surface area (TPSA) is 58.7 Å². The quantitative estimate of drug-likeness (QED) is 0.456. The van der Waals surface area contributed by atoms with Crippen LogP contribution in [0.1, 0.15) is 31.9 Å². The summed E-state index contributed by atoms with van der Waals surface area (Å²) < 4.78 is 1.85. The molecule has 5 heteroatoms. The molecule has 0 aliphatic rings. The van der Waals surface area contributed by atoms with Gasteiger partial charge in [0.2, 0.25) is 0 Å². The Kier molecular flexibility index (Phi) is 5.38. The molecule has 0 N–H and O–H groups in total. The van der Waals surface area contributed by atoms with Gasteiger partial charge in [-0.05, 0) is 23.1 Å². The van der Waals surface area contributed by atoms with E-state index in [1.807, 2.05) is 79.5 Å². The molecule has 0 amide bonds. The van der Waals surface area contributed by atoms with E-state index in [0.29, 0.717) is 6.54 Å².